The summed E-state index contributed by atoms with van der Waals surface area (Å²) in [6, 6.07) is 10.9. The molecular formula is C25H25F3N4O. The number of carbonyl (C=O) groups is 1. The number of nitrogens with zero attached hydrogens (tertiary/aromatic N) is 3. The number of fused-ring (bicyclic) bond motifs is 1. The average molecular weight is 454 g/mol. The molecular weight excluding hydrogens is 429 g/mol. The van der Waals surface area contributed by atoms with Gasteiger partial charge in [0, 0.05) is 38.2 Å². The normalized spacial score (nSPS) is 16.1. The monoisotopic (exact) mass is 454 g/mol. The number of alkyl halides is 3. The maximum Gasteiger partial charge on any atom is 0.416 e. The highest BCUT2D eigenvalue weighted by Crippen LogP contribution is 2.39. The van der Waals surface area contributed by atoms with Crippen LogP contribution in [0.25, 0.3) is 0 Å². The zero-order valence-corrected chi connectivity index (χ0v) is 18.4. The zero-order chi connectivity index (χ0) is 23.6. The molecule has 172 valence electrons. The van der Waals surface area contributed by atoms with Crippen molar-refractivity contribution in [3.05, 3.63) is 94.6 Å². The smallest absolute Gasteiger partial charge is 0.348 e. The fraction of sp³-hybridized carbons (Fsp3) is 0.320. The molecule has 1 aliphatic rings. The molecule has 1 N–H and O–H groups in total. The second kappa shape index (κ2) is 9.31. The Labute approximate surface area is 190 Å². The standard InChI is InChI=1S/C25H25F3N4O/c1-16(2)23-22-20(15-32(23)14-18-3-5-21(6-4-18)25(26,27)28)11-19(13-30-22)24(33)31-12-17-7-9-29-10-8-17/h3-11,13,16,23H,12,14-15H2,1-2H3,(H,31,33). The Morgan fingerprint density at radius 1 is 1.12 bits per heavy atom. The highest BCUT2D eigenvalue weighted by Gasteiger charge is 2.35. The number of carbonyl (C=O) groups excluding carboxylic acids is 1. The van der Waals surface area contributed by atoms with E-state index < -0.39 is 11.7 Å². The van der Waals surface area contributed by atoms with Crippen molar-refractivity contribution in [3.63, 3.8) is 0 Å². The summed E-state index contributed by atoms with van der Waals surface area (Å²) in [6.45, 7) is 5.67. The van der Waals surface area contributed by atoms with Gasteiger partial charge in [-0.15, -0.1) is 0 Å². The Kier molecular flexibility index (Phi) is 6.47. The minimum Gasteiger partial charge on any atom is -0.348 e. The van der Waals surface area contributed by atoms with Gasteiger partial charge < -0.3 is 5.32 Å². The number of pyridine rings is 2. The van der Waals surface area contributed by atoms with Gasteiger partial charge >= 0.3 is 6.18 Å². The maximum atomic E-state index is 12.9. The van der Waals surface area contributed by atoms with Gasteiger partial charge in [-0.05, 0) is 52.9 Å². The average Bonchev–Trinajstić information content (AvgIpc) is 3.15. The summed E-state index contributed by atoms with van der Waals surface area (Å²) in [5, 5.41) is 2.90. The largest absolute Gasteiger partial charge is 0.416 e. The number of halogens is 3. The quantitative estimate of drug-likeness (QED) is 0.561. The third kappa shape index (κ3) is 5.22. The van der Waals surface area contributed by atoms with Crippen LogP contribution in [0.5, 0.6) is 0 Å². The third-order valence-corrected chi connectivity index (χ3v) is 5.81. The van der Waals surface area contributed by atoms with Crippen molar-refractivity contribution in [1.29, 1.82) is 0 Å². The Morgan fingerprint density at radius 3 is 2.45 bits per heavy atom. The van der Waals surface area contributed by atoms with Crippen LogP contribution in [0.1, 0.15) is 58.2 Å². The van der Waals surface area contributed by atoms with E-state index in [1.807, 2.05) is 18.2 Å². The van der Waals surface area contributed by atoms with Gasteiger partial charge in [-0.2, -0.15) is 13.2 Å². The van der Waals surface area contributed by atoms with Gasteiger partial charge in [0.05, 0.1) is 22.9 Å². The van der Waals surface area contributed by atoms with E-state index in [1.54, 1.807) is 18.6 Å². The summed E-state index contributed by atoms with van der Waals surface area (Å²) in [5.74, 6) is 0.0453. The number of hydrogen-bond acceptors (Lipinski definition) is 4. The topological polar surface area (TPSA) is 58.1 Å². The molecule has 0 spiro atoms. The van der Waals surface area contributed by atoms with Crippen LogP contribution in [0.15, 0.2) is 61.1 Å². The predicted octanol–water partition coefficient (Wildman–Crippen LogP) is 5.14. The summed E-state index contributed by atoms with van der Waals surface area (Å²) in [4.78, 5) is 23.4. The van der Waals surface area contributed by atoms with E-state index in [1.165, 1.54) is 12.1 Å². The fourth-order valence-corrected chi connectivity index (χ4v) is 4.24. The highest BCUT2D eigenvalue weighted by molar-refractivity contribution is 5.94. The van der Waals surface area contributed by atoms with Crippen molar-refractivity contribution in [3.8, 4) is 0 Å². The van der Waals surface area contributed by atoms with E-state index in [4.69, 9.17) is 0 Å². The van der Waals surface area contributed by atoms with Crippen molar-refractivity contribution in [2.75, 3.05) is 0 Å². The minimum atomic E-state index is -4.35. The minimum absolute atomic E-state index is 0.0243. The van der Waals surface area contributed by atoms with E-state index in [-0.39, 0.29) is 17.9 Å². The molecule has 33 heavy (non-hydrogen) atoms. The number of nitrogens with one attached hydrogen (secondary N) is 1. The van der Waals surface area contributed by atoms with Crippen LogP contribution < -0.4 is 5.32 Å². The molecule has 3 aromatic rings. The SMILES string of the molecule is CC(C)C1c2ncc(C(=O)NCc3ccncc3)cc2CN1Cc1ccc(C(F)(F)F)cc1. The lowest BCUT2D eigenvalue weighted by Gasteiger charge is -2.27. The van der Waals surface area contributed by atoms with E-state index in [2.05, 4.69) is 34.0 Å². The first-order valence-electron chi connectivity index (χ1n) is 10.8. The molecule has 2 aromatic heterocycles. The molecule has 1 atom stereocenters. The first-order valence-corrected chi connectivity index (χ1v) is 10.8. The Balaban J connectivity index is 1.48. The molecule has 0 aliphatic carbocycles. The van der Waals surface area contributed by atoms with Crippen LogP contribution in [0, 0.1) is 5.92 Å². The Morgan fingerprint density at radius 2 is 1.82 bits per heavy atom. The lowest BCUT2D eigenvalue weighted by molar-refractivity contribution is -0.137. The van der Waals surface area contributed by atoms with Gasteiger partial charge in [0.15, 0.2) is 0 Å². The predicted molar refractivity (Wildman–Crippen MR) is 118 cm³/mol. The number of benzene rings is 1. The molecule has 4 rings (SSSR count). The summed E-state index contributed by atoms with van der Waals surface area (Å²) in [7, 11) is 0. The van der Waals surface area contributed by atoms with Gasteiger partial charge in [0.25, 0.3) is 5.91 Å². The zero-order valence-electron chi connectivity index (χ0n) is 18.4. The van der Waals surface area contributed by atoms with Gasteiger partial charge in [-0.1, -0.05) is 26.0 Å². The second-order valence-electron chi connectivity index (χ2n) is 8.60. The fourth-order valence-electron chi connectivity index (χ4n) is 4.24. The number of rotatable bonds is 6. The van der Waals surface area contributed by atoms with Gasteiger partial charge in [0.1, 0.15) is 0 Å². The third-order valence-electron chi connectivity index (χ3n) is 5.81. The molecule has 0 radical (unpaired) electrons. The maximum absolute atomic E-state index is 12.9. The molecule has 1 aromatic carbocycles. The van der Waals surface area contributed by atoms with Crippen LogP contribution in [-0.4, -0.2) is 20.8 Å². The Bertz CT molecular complexity index is 1110. The lowest BCUT2D eigenvalue weighted by atomic mass is 9.99. The molecule has 1 unspecified atom stereocenters. The number of aromatic nitrogens is 2. The van der Waals surface area contributed by atoms with Gasteiger partial charge in [-0.25, -0.2) is 0 Å². The van der Waals surface area contributed by atoms with Crippen LogP contribution in [0.2, 0.25) is 0 Å². The molecule has 0 fully saturated rings. The van der Waals surface area contributed by atoms with Crippen molar-refractivity contribution in [2.24, 2.45) is 5.92 Å². The van der Waals surface area contributed by atoms with Crippen LogP contribution in [-0.2, 0) is 25.8 Å². The molecule has 1 aliphatic heterocycles. The molecule has 3 heterocycles. The Hall–Kier alpha value is -3.26. The molecule has 0 bridgehead atoms. The van der Waals surface area contributed by atoms with E-state index >= 15 is 0 Å². The van der Waals surface area contributed by atoms with E-state index in [9.17, 15) is 18.0 Å². The van der Waals surface area contributed by atoms with E-state index in [0.717, 1.165) is 34.5 Å². The van der Waals surface area contributed by atoms with Crippen molar-refractivity contribution >= 4 is 5.91 Å². The first kappa shape index (κ1) is 22.9. The number of hydrogen-bond donors (Lipinski definition) is 1. The van der Waals surface area contributed by atoms with Crippen LogP contribution in [0.3, 0.4) is 0 Å². The molecule has 1 amide bonds. The summed E-state index contributed by atoms with van der Waals surface area (Å²) in [6.07, 6.45) is 0.602. The summed E-state index contributed by atoms with van der Waals surface area (Å²) in [5.41, 5.74) is 3.48. The van der Waals surface area contributed by atoms with E-state index in [0.29, 0.717) is 25.2 Å². The summed E-state index contributed by atoms with van der Waals surface area (Å²) < 4.78 is 38.6. The molecule has 0 saturated carbocycles. The second-order valence-corrected chi connectivity index (χ2v) is 8.60. The van der Waals surface area contributed by atoms with Crippen molar-refractivity contribution in [2.45, 2.75) is 45.7 Å². The van der Waals surface area contributed by atoms with Crippen LogP contribution >= 0.6 is 0 Å². The molecule has 5 nitrogen and oxygen atoms in total. The summed E-state index contributed by atoms with van der Waals surface area (Å²) >= 11 is 0. The molecule has 8 heteroatoms. The van der Waals surface area contributed by atoms with Crippen molar-refractivity contribution in [1.82, 2.24) is 20.2 Å². The van der Waals surface area contributed by atoms with Gasteiger partial charge in [-0.3, -0.25) is 19.7 Å². The van der Waals surface area contributed by atoms with Gasteiger partial charge in [0.2, 0.25) is 0 Å². The number of amides is 1. The molecule has 0 saturated heterocycles. The first-order chi connectivity index (χ1) is 15.7. The highest BCUT2D eigenvalue weighted by atomic mass is 19.4. The lowest BCUT2D eigenvalue weighted by Crippen LogP contribution is -2.25. The van der Waals surface area contributed by atoms with Crippen molar-refractivity contribution < 1.29 is 18.0 Å². The van der Waals surface area contributed by atoms with Crippen LogP contribution in [0.4, 0.5) is 13.2 Å².